The molecule has 0 bridgehead atoms. The van der Waals surface area contributed by atoms with Crippen LogP contribution in [0, 0.1) is 5.82 Å². The molecular formula is C31H25ClFN5O4. The van der Waals surface area contributed by atoms with E-state index in [1.165, 1.54) is 18.5 Å². The summed E-state index contributed by atoms with van der Waals surface area (Å²) in [7, 11) is 0. The quantitative estimate of drug-likeness (QED) is 0.138. The van der Waals surface area contributed by atoms with Crippen LogP contribution in [-0.2, 0) is 11.4 Å². The Balaban J connectivity index is 1.29. The summed E-state index contributed by atoms with van der Waals surface area (Å²) in [5.41, 5.74) is 3.13. The van der Waals surface area contributed by atoms with Gasteiger partial charge in [-0.1, -0.05) is 54.1 Å². The lowest BCUT2D eigenvalue weighted by Gasteiger charge is -2.17. The van der Waals surface area contributed by atoms with Crippen molar-refractivity contribution in [2.45, 2.75) is 19.1 Å². The lowest BCUT2D eigenvalue weighted by molar-refractivity contribution is -0.116. The van der Waals surface area contributed by atoms with Crippen molar-refractivity contribution in [2.24, 2.45) is 0 Å². The Labute approximate surface area is 245 Å². The average molecular weight is 586 g/mol. The van der Waals surface area contributed by atoms with Crippen molar-refractivity contribution in [1.29, 1.82) is 0 Å². The smallest absolute Gasteiger partial charge is 0.405 e. The predicted molar refractivity (Wildman–Crippen MR) is 159 cm³/mol. The summed E-state index contributed by atoms with van der Waals surface area (Å²) in [6.45, 7) is 0.160. The number of aromatic nitrogens is 2. The molecule has 9 nitrogen and oxygen atoms in total. The predicted octanol–water partition coefficient (Wildman–Crippen LogP) is 7.08. The van der Waals surface area contributed by atoms with Crippen LogP contribution in [0.5, 0.6) is 5.75 Å². The molecule has 11 heteroatoms. The molecule has 1 heterocycles. The van der Waals surface area contributed by atoms with Gasteiger partial charge in [0.05, 0.1) is 23.0 Å². The summed E-state index contributed by atoms with van der Waals surface area (Å²) in [4.78, 5) is 32.9. The summed E-state index contributed by atoms with van der Waals surface area (Å²) < 4.78 is 19.2. The number of nitrogens with one attached hydrogen (secondary N) is 3. The van der Waals surface area contributed by atoms with E-state index in [9.17, 15) is 19.1 Å². The van der Waals surface area contributed by atoms with Crippen LogP contribution in [0.2, 0.25) is 5.02 Å². The van der Waals surface area contributed by atoms with Crippen LogP contribution in [0.4, 0.5) is 26.4 Å². The van der Waals surface area contributed by atoms with Crippen LogP contribution in [0.25, 0.3) is 10.9 Å². The summed E-state index contributed by atoms with van der Waals surface area (Å²) in [5, 5.41) is 18.7. The monoisotopic (exact) mass is 585 g/mol. The van der Waals surface area contributed by atoms with Gasteiger partial charge in [0.1, 0.15) is 30.3 Å². The number of carboxylic acid groups (broad SMARTS) is 1. The SMILES string of the molecule is O=C(O)NC(CC(=O)Nc1ccc2ncnc(Nc3ccc(OCc4cccc(F)c4)c(Cl)c3)c2c1)c1ccccc1. The first-order valence-corrected chi connectivity index (χ1v) is 13.2. The highest BCUT2D eigenvalue weighted by Crippen LogP contribution is 2.32. The van der Waals surface area contributed by atoms with E-state index < -0.39 is 12.1 Å². The Kier molecular flexibility index (Phi) is 8.74. The van der Waals surface area contributed by atoms with E-state index in [0.717, 1.165) is 0 Å². The summed E-state index contributed by atoms with van der Waals surface area (Å²) >= 11 is 6.45. The fourth-order valence-corrected chi connectivity index (χ4v) is 4.57. The molecule has 0 aliphatic rings. The fourth-order valence-electron chi connectivity index (χ4n) is 4.34. The van der Waals surface area contributed by atoms with E-state index in [2.05, 4.69) is 25.9 Å². The van der Waals surface area contributed by atoms with Crippen LogP contribution < -0.4 is 20.7 Å². The molecule has 0 fully saturated rings. The summed E-state index contributed by atoms with van der Waals surface area (Å²) in [6, 6.07) is 24.7. The fraction of sp³-hybridized carbons (Fsp3) is 0.0968. The van der Waals surface area contributed by atoms with E-state index in [0.29, 0.717) is 50.0 Å². The molecule has 0 radical (unpaired) electrons. The second-order valence-electron chi connectivity index (χ2n) is 9.31. The zero-order valence-electron chi connectivity index (χ0n) is 22.1. The highest BCUT2D eigenvalue weighted by atomic mass is 35.5. The number of amides is 2. The molecule has 4 N–H and O–H groups in total. The third-order valence-corrected chi connectivity index (χ3v) is 6.58. The number of anilines is 3. The Morgan fingerprint density at radius 1 is 0.929 bits per heavy atom. The number of halogens is 2. The van der Waals surface area contributed by atoms with E-state index in [-0.39, 0.29) is 24.8 Å². The van der Waals surface area contributed by atoms with Gasteiger partial charge in [-0.15, -0.1) is 0 Å². The Morgan fingerprint density at radius 2 is 1.74 bits per heavy atom. The van der Waals surface area contributed by atoms with Gasteiger partial charge in [-0.2, -0.15) is 0 Å². The first kappa shape index (κ1) is 28.3. The minimum atomic E-state index is -1.22. The number of hydrogen-bond acceptors (Lipinski definition) is 6. The lowest BCUT2D eigenvalue weighted by Crippen LogP contribution is -2.30. The van der Waals surface area contributed by atoms with Crippen LogP contribution in [0.15, 0.2) is 97.3 Å². The Hall–Kier alpha value is -5.22. The maximum absolute atomic E-state index is 13.4. The molecule has 0 saturated heterocycles. The Bertz CT molecular complexity index is 1740. The van der Waals surface area contributed by atoms with E-state index in [4.69, 9.17) is 16.3 Å². The average Bonchev–Trinajstić information content (AvgIpc) is 2.97. The molecule has 1 aromatic heterocycles. The molecule has 212 valence electrons. The molecule has 1 unspecified atom stereocenters. The van der Waals surface area contributed by atoms with Gasteiger partial charge in [-0.25, -0.2) is 19.2 Å². The van der Waals surface area contributed by atoms with E-state index in [1.807, 2.05) is 6.07 Å². The molecule has 2 amide bonds. The molecule has 0 saturated carbocycles. The lowest BCUT2D eigenvalue weighted by atomic mass is 10.0. The number of carbonyl (C=O) groups is 2. The van der Waals surface area contributed by atoms with Crippen molar-refractivity contribution in [3.05, 3.63) is 119 Å². The van der Waals surface area contributed by atoms with Crippen molar-refractivity contribution in [1.82, 2.24) is 15.3 Å². The molecule has 4 aromatic carbocycles. The van der Waals surface area contributed by atoms with E-state index in [1.54, 1.807) is 72.8 Å². The van der Waals surface area contributed by atoms with E-state index >= 15 is 0 Å². The summed E-state index contributed by atoms with van der Waals surface area (Å²) in [6.07, 6.45) is 0.0985. The minimum Gasteiger partial charge on any atom is -0.487 e. The van der Waals surface area contributed by atoms with Gasteiger partial charge >= 0.3 is 6.09 Å². The van der Waals surface area contributed by atoms with Gasteiger partial charge in [0.15, 0.2) is 0 Å². The second-order valence-corrected chi connectivity index (χ2v) is 9.72. The molecule has 0 spiro atoms. The maximum atomic E-state index is 13.4. The number of hydrogen-bond donors (Lipinski definition) is 4. The van der Waals surface area contributed by atoms with Crippen molar-refractivity contribution in [2.75, 3.05) is 10.6 Å². The minimum absolute atomic E-state index is 0.100. The first-order chi connectivity index (χ1) is 20.3. The Morgan fingerprint density at radius 3 is 2.50 bits per heavy atom. The van der Waals surface area contributed by atoms with Gasteiger partial charge < -0.3 is 25.8 Å². The number of carbonyl (C=O) groups excluding carboxylic acids is 1. The third-order valence-electron chi connectivity index (χ3n) is 6.29. The molecule has 42 heavy (non-hydrogen) atoms. The van der Waals surface area contributed by atoms with Crippen molar-refractivity contribution < 1.29 is 23.8 Å². The molecular weight excluding hydrogens is 561 g/mol. The van der Waals surface area contributed by atoms with Crippen LogP contribution >= 0.6 is 11.6 Å². The normalized spacial score (nSPS) is 11.5. The molecule has 5 aromatic rings. The third kappa shape index (κ3) is 7.29. The maximum Gasteiger partial charge on any atom is 0.405 e. The van der Waals surface area contributed by atoms with Gasteiger partial charge in [0.2, 0.25) is 5.91 Å². The zero-order chi connectivity index (χ0) is 29.5. The summed E-state index contributed by atoms with van der Waals surface area (Å²) in [5.74, 6) is 0.211. The van der Waals surface area contributed by atoms with Crippen LogP contribution in [-0.4, -0.2) is 27.1 Å². The van der Waals surface area contributed by atoms with Gasteiger partial charge in [0.25, 0.3) is 0 Å². The van der Waals surface area contributed by atoms with Gasteiger partial charge in [-0.3, -0.25) is 4.79 Å². The number of fused-ring (bicyclic) bond motifs is 1. The van der Waals surface area contributed by atoms with Crippen molar-refractivity contribution in [3.63, 3.8) is 0 Å². The second kappa shape index (κ2) is 13.0. The molecule has 0 aliphatic carbocycles. The molecule has 5 rings (SSSR count). The number of benzene rings is 4. The number of rotatable bonds is 10. The van der Waals surface area contributed by atoms with Gasteiger partial charge in [-0.05, 0) is 59.7 Å². The topological polar surface area (TPSA) is 125 Å². The molecule has 1 atom stereocenters. The van der Waals surface area contributed by atoms with Crippen LogP contribution in [0.1, 0.15) is 23.6 Å². The first-order valence-electron chi connectivity index (χ1n) is 12.9. The highest BCUT2D eigenvalue weighted by Gasteiger charge is 2.18. The largest absolute Gasteiger partial charge is 0.487 e. The van der Waals surface area contributed by atoms with Crippen LogP contribution in [0.3, 0.4) is 0 Å². The van der Waals surface area contributed by atoms with Crippen molar-refractivity contribution >= 4 is 51.7 Å². The number of nitrogens with zero attached hydrogens (tertiary/aromatic N) is 2. The highest BCUT2D eigenvalue weighted by molar-refractivity contribution is 6.32. The number of ether oxygens (including phenoxy) is 1. The van der Waals surface area contributed by atoms with Crippen molar-refractivity contribution in [3.8, 4) is 5.75 Å². The molecule has 0 aliphatic heterocycles. The zero-order valence-corrected chi connectivity index (χ0v) is 22.8. The van der Waals surface area contributed by atoms with Gasteiger partial charge in [0, 0.05) is 16.8 Å². The standard InChI is InChI=1S/C31H25ClFN5O4/c32-25-15-23(10-12-28(25)42-17-19-5-4-8-21(33)13-19)37-30-24-14-22(9-11-26(24)34-18-35-30)36-29(39)16-27(38-31(40)41)20-6-2-1-3-7-20/h1-15,18,27,38H,16-17H2,(H,36,39)(H,40,41)(H,34,35,37).